The third kappa shape index (κ3) is 4.42. The number of urea groups is 1. The molecular formula is C20H24N2O4S. The van der Waals surface area contributed by atoms with Gasteiger partial charge in [-0.2, -0.15) is 0 Å². The molecule has 1 N–H and O–H groups in total. The molecule has 0 unspecified atom stereocenters. The van der Waals surface area contributed by atoms with E-state index < -0.39 is 0 Å². The Morgan fingerprint density at radius 2 is 1.89 bits per heavy atom. The molecule has 1 atom stereocenters. The molecule has 1 fully saturated rings. The van der Waals surface area contributed by atoms with Gasteiger partial charge in [0.2, 0.25) is 0 Å². The van der Waals surface area contributed by atoms with Crippen LogP contribution >= 0.6 is 11.8 Å². The van der Waals surface area contributed by atoms with Crippen molar-refractivity contribution >= 4 is 23.5 Å². The zero-order valence-electron chi connectivity index (χ0n) is 15.7. The number of methoxy groups -OCH3 is 2. The average Bonchev–Trinajstić information content (AvgIpc) is 3.19. The summed E-state index contributed by atoms with van der Waals surface area (Å²) in [5.74, 6) is 2.95. The molecule has 1 aliphatic heterocycles. The minimum Gasteiger partial charge on any atom is -0.497 e. The minimum absolute atomic E-state index is 0.103. The monoisotopic (exact) mass is 388 g/mol. The Kier molecular flexibility index (Phi) is 6.34. The van der Waals surface area contributed by atoms with Crippen LogP contribution in [0.4, 0.5) is 10.5 Å². The molecule has 1 aliphatic rings. The number of benzene rings is 2. The molecule has 27 heavy (non-hydrogen) atoms. The van der Waals surface area contributed by atoms with E-state index in [2.05, 4.69) is 5.32 Å². The van der Waals surface area contributed by atoms with Gasteiger partial charge >= 0.3 is 6.03 Å². The van der Waals surface area contributed by atoms with Crippen molar-refractivity contribution < 1.29 is 19.0 Å². The summed E-state index contributed by atoms with van der Waals surface area (Å²) in [6.07, 6.45) is 0. The van der Waals surface area contributed by atoms with E-state index in [9.17, 15) is 4.79 Å². The van der Waals surface area contributed by atoms with Gasteiger partial charge in [0.25, 0.3) is 0 Å². The first-order valence-electron chi connectivity index (χ1n) is 8.80. The topological polar surface area (TPSA) is 60.0 Å². The van der Waals surface area contributed by atoms with Crippen LogP contribution in [-0.2, 0) is 0 Å². The normalized spacial score (nSPS) is 16.1. The first kappa shape index (κ1) is 19.2. The Morgan fingerprint density at radius 1 is 1.19 bits per heavy atom. The third-order valence-corrected chi connectivity index (χ3v) is 5.50. The molecule has 0 radical (unpaired) electrons. The quantitative estimate of drug-likeness (QED) is 0.796. The number of carbonyl (C=O) groups is 1. The van der Waals surface area contributed by atoms with Crippen molar-refractivity contribution in [1.29, 1.82) is 0 Å². The number of carbonyl (C=O) groups excluding carboxylic acids is 1. The maximum Gasteiger partial charge on any atom is 0.323 e. The summed E-state index contributed by atoms with van der Waals surface area (Å²) in [5, 5.41) is 2.88. The summed E-state index contributed by atoms with van der Waals surface area (Å²) in [5.41, 5.74) is 1.64. The summed E-state index contributed by atoms with van der Waals surface area (Å²) < 4.78 is 16.3. The lowest BCUT2D eigenvalue weighted by Crippen LogP contribution is -2.34. The predicted octanol–water partition coefficient (Wildman–Crippen LogP) is 4.38. The number of thioether (sulfide) groups is 1. The van der Waals surface area contributed by atoms with Gasteiger partial charge in [0, 0.05) is 18.4 Å². The number of hydrogen-bond acceptors (Lipinski definition) is 5. The third-order valence-electron chi connectivity index (χ3n) is 4.24. The van der Waals surface area contributed by atoms with E-state index in [1.54, 1.807) is 26.0 Å². The fourth-order valence-corrected chi connectivity index (χ4v) is 4.20. The smallest absolute Gasteiger partial charge is 0.323 e. The van der Waals surface area contributed by atoms with Crippen molar-refractivity contribution in [1.82, 2.24) is 4.90 Å². The second-order valence-corrected chi connectivity index (χ2v) is 7.11. The molecule has 2 aromatic rings. The van der Waals surface area contributed by atoms with Gasteiger partial charge in [-0.05, 0) is 36.8 Å². The molecule has 2 aromatic carbocycles. The van der Waals surface area contributed by atoms with Gasteiger partial charge in [-0.25, -0.2) is 4.79 Å². The number of para-hydroxylation sites is 2. The highest BCUT2D eigenvalue weighted by Crippen LogP contribution is 2.41. The lowest BCUT2D eigenvalue weighted by molar-refractivity contribution is 0.214. The van der Waals surface area contributed by atoms with Crippen LogP contribution in [0.25, 0.3) is 0 Å². The van der Waals surface area contributed by atoms with Crippen molar-refractivity contribution in [3.8, 4) is 17.2 Å². The van der Waals surface area contributed by atoms with Crippen molar-refractivity contribution in [2.24, 2.45) is 0 Å². The van der Waals surface area contributed by atoms with Crippen LogP contribution in [0.15, 0.2) is 42.5 Å². The first-order valence-corrected chi connectivity index (χ1v) is 9.85. The van der Waals surface area contributed by atoms with Gasteiger partial charge in [-0.1, -0.05) is 12.1 Å². The number of amides is 2. The Balaban J connectivity index is 1.81. The molecular weight excluding hydrogens is 364 g/mol. The van der Waals surface area contributed by atoms with Crippen molar-refractivity contribution in [2.45, 2.75) is 12.3 Å². The van der Waals surface area contributed by atoms with E-state index in [4.69, 9.17) is 14.2 Å². The first-order chi connectivity index (χ1) is 13.2. The fraction of sp³-hybridized carbons (Fsp3) is 0.350. The number of nitrogens with one attached hydrogen (secondary N) is 1. The molecule has 7 heteroatoms. The summed E-state index contributed by atoms with van der Waals surface area (Å²) in [7, 11) is 3.24. The van der Waals surface area contributed by atoms with Crippen LogP contribution in [0.5, 0.6) is 17.2 Å². The van der Waals surface area contributed by atoms with Crippen LogP contribution < -0.4 is 19.5 Å². The standard InChI is InChI=1S/C20H24N2O4S/c1-4-26-18-8-6-5-7-17(18)21-20(23)22-9-10-27-19(22)14-11-15(24-2)13-16(12-14)25-3/h5-8,11-13,19H,4,9-10H2,1-3H3,(H,21,23)/t19-/m1/s1. The highest BCUT2D eigenvalue weighted by Gasteiger charge is 2.31. The van der Waals surface area contributed by atoms with Gasteiger partial charge in [-0.15, -0.1) is 11.8 Å². The molecule has 0 saturated carbocycles. The molecule has 3 rings (SSSR count). The summed E-state index contributed by atoms with van der Waals surface area (Å²) in [6, 6.07) is 13.0. The number of anilines is 1. The molecule has 2 amide bonds. The number of ether oxygens (including phenoxy) is 3. The maximum absolute atomic E-state index is 12.9. The Bertz CT molecular complexity index is 777. The van der Waals surface area contributed by atoms with Crippen LogP contribution in [0.2, 0.25) is 0 Å². The predicted molar refractivity (Wildman–Crippen MR) is 108 cm³/mol. The number of hydrogen-bond donors (Lipinski definition) is 1. The summed E-state index contributed by atoms with van der Waals surface area (Å²) >= 11 is 1.72. The van der Waals surface area contributed by atoms with Crippen molar-refractivity contribution in [3.63, 3.8) is 0 Å². The molecule has 144 valence electrons. The zero-order chi connectivity index (χ0) is 19.2. The lowest BCUT2D eigenvalue weighted by atomic mass is 10.2. The van der Waals surface area contributed by atoms with Crippen LogP contribution in [-0.4, -0.2) is 44.1 Å². The van der Waals surface area contributed by atoms with Crippen LogP contribution in [0.3, 0.4) is 0 Å². The Labute approximate surface area is 163 Å². The van der Waals surface area contributed by atoms with Crippen LogP contribution in [0.1, 0.15) is 17.9 Å². The Morgan fingerprint density at radius 3 is 2.56 bits per heavy atom. The van der Waals surface area contributed by atoms with Gasteiger partial charge < -0.3 is 24.4 Å². The number of rotatable bonds is 6. The number of nitrogens with zero attached hydrogens (tertiary/aromatic N) is 1. The molecule has 1 heterocycles. The minimum atomic E-state index is -0.154. The Hall–Kier alpha value is -2.54. The highest BCUT2D eigenvalue weighted by atomic mass is 32.2. The van der Waals surface area contributed by atoms with Crippen LogP contribution in [0, 0.1) is 0 Å². The van der Waals surface area contributed by atoms with E-state index >= 15 is 0 Å². The second kappa shape index (κ2) is 8.90. The zero-order valence-corrected chi connectivity index (χ0v) is 16.5. The van der Waals surface area contributed by atoms with Crippen molar-refractivity contribution in [3.05, 3.63) is 48.0 Å². The van der Waals surface area contributed by atoms with E-state index in [1.165, 1.54) is 0 Å². The van der Waals surface area contributed by atoms with Gasteiger partial charge in [-0.3, -0.25) is 0 Å². The summed E-state index contributed by atoms with van der Waals surface area (Å²) in [6.45, 7) is 3.12. The van der Waals surface area contributed by atoms with E-state index in [1.807, 2.05) is 54.3 Å². The molecule has 0 aliphatic carbocycles. The van der Waals surface area contributed by atoms with E-state index in [0.29, 0.717) is 36.1 Å². The fourth-order valence-electron chi connectivity index (χ4n) is 2.96. The van der Waals surface area contributed by atoms with E-state index in [0.717, 1.165) is 11.3 Å². The average molecular weight is 388 g/mol. The molecule has 1 saturated heterocycles. The van der Waals surface area contributed by atoms with Gasteiger partial charge in [0.15, 0.2) is 0 Å². The molecule has 0 bridgehead atoms. The largest absolute Gasteiger partial charge is 0.497 e. The van der Waals surface area contributed by atoms with Crippen molar-refractivity contribution in [2.75, 3.05) is 38.4 Å². The molecule has 0 aromatic heterocycles. The van der Waals surface area contributed by atoms with Gasteiger partial charge in [0.1, 0.15) is 22.6 Å². The highest BCUT2D eigenvalue weighted by molar-refractivity contribution is 7.99. The molecule has 0 spiro atoms. The SMILES string of the molecule is CCOc1ccccc1NC(=O)N1CCS[C@@H]1c1cc(OC)cc(OC)c1. The summed E-state index contributed by atoms with van der Waals surface area (Å²) in [4.78, 5) is 14.8. The van der Waals surface area contributed by atoms with E-state index in [-0.39, 0.29) is 11.4 Å². The molecule has 6 nitrogen and oxygen atoms in total. The lowest BCUT2D eigenvalue weighted by Gasteiger charge is -2.25. The maximum atomic E-state index is 12.9. The second-order valence-electron chi connectivity index (χ2n) is 5.92. The van der Waals surface area contributed by atoms with Gasteiger partial charge in [0.05, 0.1) is 26.5 Å².